The van der Waals surface area contributed by atoms with E-state index in [9.17, 15) is 4.79 Å². The molecule has 28 heavy (non-hydrogen) atoms. The van der Waals surface area contributed by atoms with Crippen LogP contribution in [0.4, 0.5) is 5.69 Å². The number of aliphatic imine (C=N–C) groups is 1. The lowest BCUT2D eigenvalue weighted by molar-refractivity contribution is -0.127. The molecule has 158 valence electrons. The molecular weight excluding hydrogens is 364 g/mol. The van der Waals surface area contributed by atoms with Crippen LogP contribution in [0.2, 0.25) is 0 Å². The van der Waals surface area contributed by atoms with Crippen LogP contribution >= 0.6 is 0 Å². The van der Waals surface area contributed by atoms with E-state index in [-0.39, 0.29) is 12.5 Å². The average molecular weight is 396 g/mol. The zero-order chi connectivity index (χ0) is 20.9. The molecule has 0 radical (unpaired) electrons. The lowest BCUT2D eigenvalue weighted by Crippen LogP contribution is -2.34. The van der Waals surface area contributed by atoms with E-state index in [0.29, 0.717) is 48.7 Å². The van der Waals surface area contributed by atoms with Crippen LogP contribution in [-0.2, 0) is 9.53 Å². The molecular formula is C19H32N4O5. The van der Waals surface area contributed by atoms with Crippen LogP contribution in [0.25, 0.3) is 0 Å². The van der Waals surface area contributed by atoms with Crippen LogP contribution < -0.4 is 24.8 Å². The van der Waals surface area contributed by atoms with Gasteiger partial charge in [-0.3, -0.25) is 4.79 Å². The predicted octanol–water partition coefficient (Wildman–Crippen LogP) is 1.58. The van der Waals surface area contributed by atoms with Crippen molar-refractivity contribution in [1.82, 2.24) is 10.2 Å². The maximum Gasteiger partial charge on any atom is 0.243 e. The number of nitrogens with zero attached hydrogens (tertiary/aromatic N) is 2. The van der Waals surface area contributed by atoms with Gasteiger partial charge in [0.25, 0.3) is 0 Å². The van der Waals surface area contributed by atoms with Crippen molar-refractivity contribution in [1.29, 1.82) is 0 Å². The van der Waals surface area contributed by atoms with Gasteiger partial charge in [0.15, 0.2) is 17.5 Å². The van der Waals surface area contributed by atoms with E-state index in [1.807, 2.05) is 6.92 Å². The molecule has 0 saturated carbocycles. The minimum atomic E-state index is -0.0969. The molecule has 0 aliphatic carbocycles. The van der Waals surface area contributed by atoms with Gasteiger partial charge in [0, 0.05) is 51.7 Å². The third-order valence-electron chi connectivity index (χ3n) is 3.76. The summed E-state index contributed by atoms with van der Waals surface area (Å²) in [6.45, 7) is 3.96. The van der Waals surface area contributed by atoms with E-state index in [0.717, 1.165) is 6.42 Å². The molecule has 0 aromatic heterocycles. The molecule has 0 aliphatic heterocycles. The number of guanidine groups is 1. The molecule has 1 amide bonds. The summed E-state index contributed by atoms with van der Waals surface area (Å²) in [5.74, 6) is 1.91. The van der Waals surface area contributed by atoms with Gasteiger partial charge in [0.2, 0.25) is 11.7 Å². The zero-order valence-electron chi connectivity index (χ0n) is 17.6. The monoisotopic (exact) mass is 396 g/mol. The average Bonchev–Trinajstić information content (AvgIpc) is 2.70. The van der Waals surface area contributed by atoms with E-state index >= 15 is 0 Å². The third-order valence-corrected chi connectivity index (χ3v) is 3.76. The molecule has 0 spiro atoms. The van der Waals surface area contributed by atoms with Gasteiger partial charge in [-0.1, -0.05) is 0 Å². The van der Waals surface area contributed by atoms with Crippen molar-refractivity contribution in [2.24, 2.45) is 4.99 Å². The van der Waals surface area contributed by atoms with Crippen molar-refractivity contribution >= 4 is 17.6 Å². The number of carbonyl (C=O) groups excluding carboxylic acids is 1. The summed E-state index contributed by atoms with van der Waals surface area (Å²) in [5.41, 5.74) is 0.683. The summed E-state index contributed by atoms with van der Waals surface area (Å²) in [6, 6.07) is 3.54. The minimum absolute atomic E-state index is 0.0260. The van der Waals surface area contributed by atoms with Gasteiger partial charge < -0.3 is 34.5 Å². The van der Waals surface area contributed by atoms with Crippen molar-refractivity contribution in [2.75, 3.05) is 67.0 Å². The summed E-state index contributed by atoms with van der Waals surface area (Å²) >= 11 is 0. The highest BCUT2D eigenvalue weighted by Crippen LogP contribution is 2.39. The summed E-state index contributed by atoms with van der Waals surface area (Å²) in [7, 11) is 8.04. The van der Waals surface area contributed by atoms with Crippen LogP contribution in [0.1, 0.15) is 13.3 Å². The molecule has 0 heterocycles. The van der Waals surface area contributed by atoms with E-state index in [2.05, 4.69) is 15.6 Å². The van der Waals surface area contributed by atoms with Gasteiger partial charge in [-0.05, 0) is 13.3 Å². The highest BCUT2D eigenvalue weighted by atomic mass is 16.5. The molecule has 1 aromatic carbocycles. The third kappa shape index (κ3) is 7.51. The standard InChI is InChI=1S/C19H32N4O5/c1-7-28-10-8-9-20-19(21-13-17(24)23(2)3)22-14-11-15(25-4)18(27-6)16(12-14)26-5/h11-12H,7-10,13H2,1-6H3,(H2,20,21,22). The molecule has 0 aliphatic rings. The maximum atomic E-state index is 11.9. The largest absolute Gasteiger partial charge is 0.493 e. The van der Waals surface area contributed by atoms with Gasteiger partial charge in [-0.25, -0.2) is 4.99 Å². The normalized spacial score (nSPS) is 11.0. The van der Waals surface area contributed by atoms with Crippen LogP contribution in [0.15, 0.2) is 17.1 Å². The molecule has 0 saturated heterocycles. The first-order valence-corrected chi connectivity index (χ1v) is 9.10. The topological polar surface area (TPSA) is 93.7 Å². The van der Waals surface area contributed by atoms with Crippen molar-refractivity contribution in [3.63, 3.8) is 0 Å². The van der Waals surface area contributed by atoms with Crippen LogP contribution in [0, 0.1) is 0 Å². The number of hydrogen-bond acceptors (Lipinski definition) is 6. The number of hydrogen-bond donors (Lipinski definition) is 2. The Hall–Kier alpha value is -2.68. The fourth-order valence-corrected chi connectivity index (χ4v) is 2.24. The first kappa shape index (κ1) is 23.4. The van der Waals surface area contributed by atoms with Crippen molar-refractivity contribution in [2.45, 2.75) is 13.3 Å². The van der Waals surface area contributed by atoms with E-state index in [1.54, 1.807) is 47.6 Å². The van der Waals surface area contributed by atoms with Gasteiger partial charge in [-0.2, -0.15) is 0 Å². The number of methoxy groups -OCH3 is 3. The van der Waals surface area contributed by atoms with Crippen LogP contribution in [0.3, 0.4) is 0 Å². The van der Waals surface area contributed by atoms with E-state index in [4.69, 9.17) is 18.9 Å². The first-order valence-electron chi connectivity index (χ1n) is 9.10. The molecule has 2 N–H and O–H groups in total. The maximum absolute atomic E-state index is 11.9. The summed E-state index contributed by atoms with van der Waals surface area (Å²) in [4.78, 5) is 17.7. The summed E-state index contributed by atoms with van der Waals surface area (Å²) in [5, 5.41) is 6.38. The molecule has 0 atom stereocenters. The van der Waals surface area contributed by atoms with Gasteiger partial charge in [-0.15, -0.1) is 0 Å². The number of benzene rings is 1. The van der Waals surface area contributed by atoms with Crippen molar-refractivity contribution < 1.29 is 23.7 Å². The number of ether oxygens (including phenoxy) is 4. The summed E-state index contributed by atoms with van der Waals surface area (Å²) < 4.78 is 21.4. The van der Waals surface area contributed by atoms with Gasteiger partial charge >= 0.3 is 0 Å². The number of likely N-dealkylation sites (N-methyl/N-ethyl adjacent to an activating group) is 1. The second kappa shape index (κ2) is 12.7. The van der Waals surface area contributed by atoms with E-state index in [1.165, 1.54) is 4.90 Å². The van der Waals surface area contributed by atoms with Crippen LogP contribution in [0.5, 0.6) is 17.2 Å². The summed E-state index contributed by atoms with van der Waals surface area (Å²) in [6.07, 6.45) is 0.811. The lowest BCUT2D eigenvalue weighted by atomic mass is 10.2. The Morgan fingerprint density at radius 2 is 1.75 bits per heavy atom. The first-order chi connectivity index (χ1) is 13.5. The fourth-order valence-electron chi connectivity index (χ4n) is 2.24. The minimum Gasteiger partial charge on any atom is -0.493 e. The fraction of sp³-hybridized carbons (Fsp3) is 0.579. The Kier molecular flexibility index (Phi) is 10.6. The van der Waals surface area contributed by atoms with Crippen LogP contribution in [-0.4, -0.2) is 78.5 Å². The molecule has 0 bridgehead atoms. The second-order valence-electron chi connectivity index (χ2n) is 5.97. The number of amides is 1. The Bertz CT molecular complexity index is 624. The SMILES string of the molecule is CCOCCCNC(=NCC(=O)N(C)C)Nc1cc(OC)c(OC)c(OC)c1. The predicted molar refractivity (Wildman–Crippen MR) is 110 cm³/mol. The van der Waals surface area contributed by atoms with Gasteiger partial charge in [0.05, 0.1) is 21.3 Å². The smallest absolute Gasteiger partial charge is 0.243 e. The lowest BCUT2D eigenvalue weighted by Gasteiger charge is -2.17. The Labute approximate surface area is 167 Å². The van der Waals surface area contributed by atoms with E-state index < -0.39 is 0 Å². The van der Waals surface area contributed by atoms with Crippen molar-refractivity contribution in [3.05, 3.63) is 12.1 Å². The highest BCUT2D eigenvalue weighted by Gasteiger charge is 2.14. The number of rotatable bonds is 11. The molecule has 0 unspecified atom stereocenters. The van der Waals surface area contributed by atoms with Gasteiger partial charge in [0.1, 0.15) is 6.54 Å². The zero-order valence-corrected chi connectivity index (χ0v) is 17.6. The Balaban J connectivity index is 2.97. The van der Waals surface area contributed by atoms with Crippen molar-refractivity contribution in [3.8, 4) is 17.2 Å². The molecule has 9 heteroatoms. The number of anilines is 1. The molecule has 1 aromatic rings. The number of nitrogens with one attached hydrogen (secondary N) is 2. The quantitative estimate of drug-likeness (QED) is 0.333. The molecule has 0 fully saturated rings. The molecule has 9 nitrogen and oxygen atoms in total. The molecule has 1 rings (SSSR count). The second-order valence-corrected chi connectivity index (χ2v) is 5.97. The number of carbonyl (C=O) groups is 1. The Morgan fingerprint density at radius 3 is 2.25 bits per heavy atom. The Morgan fingerprint density at radius 1 is 1.11 bits per heavy atom. The highest BCUT2D eigenvalue weighted by molar-refractivity contribution is 5.95.